The van der Waals surface area contributed by atoms with E-state index in [1.807, 2.05) is 0 Å². The number of H-pyrrole nitrogens is 1. The Labute approximate surface area is 97.9 Å². The van der Waals surface area contributed by atoms with E-state index in [-0.39, 0.29) is 11.4 Å². The average Bonchev–Trinajstić information content (AvgIpc) is 2.69. The zero-order chi connectivity index (χ0) is 11.8. The van der Waals surface area contributed by atoms with Crippen LogP contribution in [0, 0.1) is 5.82 Å². The van der Waals surface area contributed by atoms with Crippen LogP contribution in [0.1, 0.15) is 24.1 Å². The van der Waals surface area contributed by atoms with Gasteiger partial charge < -0.3 is 0 Å². The molecule has 2 aromatic rings. The Balaban J connectivity index is 2.12. The van der Waals surface area contributed by atoms with Crippen molar-refractivity contribution in [1.29, 1.82) is 0 Å². The highest BCUT2D eigenvalue weighted by atomic mass is 19.1. The highest BCUT2D eigenvalue weighted by Gasteiger charge is 2.17. The summed E-state index contributed by atoms with van der Waals surface area (Å²) in [7, 11) is 0. The van der Waals surface area contributed by atoms with Gasteiger partial charge >= 0.3 is 0 Å². The fraction of sp³-hybridized carbons (Fsp3) is 0.308. The van der Waals surface area contributed by atoms with Gasteiger partial charge in [-0.1, -0.05) is 0 Å². The summed E-state index contributed by atoms with van der Waals surface area (Å²) in [6.45, 7) is 0. The molecule has 4 heteroatoms. The third kappa shape index (κ3) is 1.69. The Morgan fingerprint density at radius 2 is 1.82 bits per heavy atom. The number of hydrogen-bond acceptors (Lipinski definition) is 1. The van der Waals surface area contributed by atoms with Crippen LogP contribution >= 0.6 is 0 Å². The Bertz CT molecular complexity index is 595. The molecule has 0 aliphatic heterocycles. The Morgan fingerprint density at radius 3 is 2.53 bits per heavy atom. The van der Waals surface area contributed by atoms with Crippen LogP contribution in [-0.2, 0) is 12.8 Å². The van der Waals surface area contributed by atoms with Gasteiger partial charge in [-0.05, 0) is 49.9 Å². The maximum atomic E-state index is 12.8. The summed E-state index contributed by atoms with van der Waals surface area (Å²) in [5, 5.41) is 3.12. The zero-order valence-corrected chi connectivity index (χ0v) is 9.37. The first-order valence-corrected chi connectivity index (χ1v) is 5.84. The third-order valence-corrected chi connectivity index (χ3v) is 3.26. The second-order valence-corrected chi connectivity index (χ2v) is 4.39. The van der Waals surface area contributed by atoms with Crippen molar-refractivity contribution < 1.29 is 4.39 Å². The monoisotopic (exact) mass is 232 g/mol. The smallest absolute Gasteiger partial charge is 0.274 e. The molecule has 1 aliphatic carbocycles. The molecule has 0 amide bonds. The summed E-state index contributed by atoms with van der Waals surface area (Å²) >= 11 is 0. The van der Waals surface area contributed by atoms with Crippen LogP contribution in [-0.4, -0.2) is 9.78 Å². The van der Waals surface area contributed by atoms with Crippen molar-refractivity contribution in [1.82, 2.24) is 9.78 Å². The Hall–Kier alpha value is -1.84. The molecule has 0 saturated carbocycles. The summed E-state index contributed by atoms with van der Waals surface area (Å²) in [6.07, 6.45) is 3.97. The molecular weight excluding hydrogens is 219 g/mol. The molecule has 1 aromatic heterocycles. The van der Waals surface area contributed by atoms with E-state index in [4.69, 9.17) is 0 Å². The van der Waals surface area contributed by atoms with E-state index in [2.05, 4.69) is 5.10 Å². The van der Waals surface area contributed by atoms with Gasteiger partial charge in [0.15, 0.2) is 0 Å². The molecule has 1 heterocycles. The molecule has 1 aromatic carbocycles. The van der Waals surface area contributed by atoms with Crippen LogP contribution in [0.2, 0.25) is 0 Å². The van der Waals surface area contributed by atoms with E-state index >= 15 is 0 Å². The molecule has 1 N–H and O–H groups in total. The third-order valence-electron chi connectivity index (χ3n) is 3.26. The fourth-order valence-electron chi connectivity index (χ4n) is 2.36. The second-order valence-electron chi connectivity index (χ2n) is 4.39. The van der Waals surface area contributed by atoms with Crippen LogP contribution in [0.15, 0.2) is 29.1 Å². The molecule has 0 unspecified atom stereocenters. The van der Waals surface area contributed by atoms with Gasteiger partial charge in [-0.3, -0.25) is 9.89 Å². The summed E-state index contributed by atoms with van der Waals surface area (Å²) in [5.41, 5.74) is 2.61. The maximum Gasteiger partial charge on any atom is 0.274 e. The quantitative estimate of drug-likeness (QED) is 0.804. The fourth-order valence-corrected chi connectivity index (χ4v) is 2.36. The van der Waals surface area contributed by atoms with Gasteiger partial charge in [-0.2, -0.15) is 0 Å². The SMILES string of the molecule is O=c1c2c([nH]n1-c1ccc(F)cc1)CCCC2. The number of aromatic nitrogens is 2. The van der Waals surface area contributed by atoms with E-state index in [1.54, 1.807) is 12.1 Å². The predicted molar refractivity (Wildman–Crippen MR) is 63.0 cm³/mol. The van der Waals surface area contributed by atoms with Crippen LogP contribution in [0.3, 0.4) is 0 Å². The number of aryl methyl sites for hydroxylation is 1. The average molecular weight is 232 g/mol. The number of halogens is 1. The lowest BCUT2D eigenvalue weighted by molar-refractivity contribution is 0.626. The van der Waals surface area contributed by atoms with Gasteiger partial charge in [0.1, 0.15) is 5.82 Å². The lowest BCUT2D eigenvalue weighted by Crippen LogP contribution is -2.17. The normalized spacial score (nSPS) is 14.6. The molecule has 17 heavy (non-hydrogen) atoms. The van der Waals surface area contributed by atoms with Gasteiger partial charge in [0.25, 0.3) is 5.56 Å². The first kappa shape index (κ1) is 10.3. The van der Waals surface area contributed by atoms with Crippen LogP contribution in [0.4, 0.5) is 4.39 Å². The summed E-state index contributed by atoms with van der Waals surface area (Å²) in [4.78, 5) is 12.1. The first-order valence-electron chi connectivity index (χ1n) is 5.84. The molecule has 0 spiro atoms. The van der Waals surface area contributed by atoms with Crippen LogP contribution in [0.25, 0.3) is 5.69 Å². The van der Waals surface area contributed by atoms with Crippen molar-refractivity contribution in [2.45, 2.75) is 25.7 Å². The summed E-state index contributed by atoms with van der Waals surface area (Å²) in [5.74, 6) is -0.293. The van der Waals surface area contributed by atoms with E-state index in [0.29, 0.717) is 5.69 Å². The van der Waals surface area contributed by atoms with Gasteiger partial charge in [0.2, 0.25) is 0 Å². The number of hydrogen-bond donors (Lipinski definition) is 1. The van der Waals surface area contributed by atoms with Crippen molar-refractivity contribution in [2.24, 2.45) is 0 Å². The van der Waals surface area contributed by atoms with E-state index in [9.17, 15) is 9.18 Å². The largest absolute Gasteiger partial charge is 0.295 e. The lowest BCUT2D eigenvalue weighted by Gasteiger charge is -2.07. The Morgan fingerprint density at radius 1 is 1.12 bits per heavy atom. The van der Waals surface area contributed by atoms with Gasteiger partial charge in [0, 0.05) is 11.3 Å². The van der Waals surface area contributed by atoms with Crippen molar-refractivity contribution in [3.8, 4) is 5.69 Å². The molecule has 3 rings (SSSR count). The van der Waals surface area contributed by atoms with Gasteiger partial charge in [-0.15, -0.1) is 0 Å². The zero-order valence-electron chi connectivity index (χ0n) is 9.37. The van der Waals surface area contributed by atoms with Gasteiger partial charge in [-0.25, -0.2) is 9.07 Å². The van der Waals surface area contributed by atoms with Crippen molar-refractivity contribution >= 4 is 0 Å². The molecule has 0 radical (unpaired) electrons. The number of benzene rings is 1. The number of rotatable bonds is 1. The summed E-state index contributed by atoms with van der Waals surface area (Å²) < 4.78 is 14.3. The molecule has 0 bridgehead atoms. The molecule has 88 valence electrons. The molecule has 3 nitrogen and oxygen atoms in total. The summed E-state index contributed by atoms with van der Waals surface area (Å²) in [6, 6.07) is 5.95. The Kier molecular flexibility index (Phi) is 2.35. The van der Waals surface area contributed by atoms with Crippen molar-refractivity contribution in [3.05, 3.63) is 51.7 Å². The number of nitrogens with zero attached hydrogens (tertiary/aromatic N) is 1. The van der Waals surface area contributed by atoms with Crippen LogP contribution in [0.5, 0.6) is 0 Å². The lowest BCUT2D eigenvalue weighted by atomic mass is 9.98. The maximum absolute atomic E-state index is 12.8. The highest BCUT2D eigenvalue weighted by Crippen LogP contribution is 2.17. The minimum atomic E-state index is -0.293. The first-order chi connectivity index (χ1) is 8.25. The predicted octanol–water partition coefficient (Wildman–Crippen LogP) is 2.18. The second kappa shape index (κ2) is 3.87. The standard InChI is InChI=1S/C13H13FN2O/c14-9-5-7-10(8-6-9)16-13(17)11-3-1-2-4-12(11)15-16/h5-8,15H,1-4H2. The van der Waals surface area contributed by atoms with E-state index in [0.717, 1.165) is 36.9 Å². The number of fused-ring (bicyclic) bond motifs is 1. The highest BCUT2D eigenvalue weighted by molar-refractivity contribution is 5.33. The minimum absolute atomic E-state index is 0.00584. The molecule has 0 fully saturated rings. The number of nitrogens with one attached hydrogen (secondary N) is 1. The van der Waals surface area contributed by atoms with Gasteiger partial charge in [0.05, 0.1) is 5.69 Å². The molecule has 1 aliphatic rings. The molecule has 0 atom stereocenters. The van der Waals surface area contributed by atoms with Crippen molar-refractivity contribution in [3.63, 3.8) is 0 Å². The van der Waals surface area contributed by atoms with E-state index < -0.39 is 0 Å². The molecular formula is C13H13FN2O. The van der Waals surface area contributed by atoms with E-state index in [1.165, 1.54) is 16.8 Å². The molecule has 0 saturated heterocycles. The van der Waals surface area contributed by atoms with Crippen molar-refractivity contribution in [2.75, 3.05) is 0 Å². The van der Waals surface area contributed by atoms with Crippen LogP contribution < -0.4 is 5.56 Å². The topological polar surface area (TPSA) is 37.8 Å². The minimum Gasteiger partial charge on any atom is -0.295 e. The number of aromatic amines is 1.